The fourth-order valence-corrected chi connectivity index (χ4v) is 7.66. The van der Waals surface area contributed by atoms with Gasteiger partial charge in [0, 0.05) is 33.4 Å². The zero-order valence-corrected chi connectivity index (χ0v) is 26.8. The molecule has 0 N–H and O–H groups in total. The number of rotatable bonds is 4. The van der Waals surface area contributed by atoms with Crippen LogP contribution in [-0.4, -0.2) is 9.97 Å². The molecule has 0 saturated heterocycles. The summed E-state index contributed by atoms with van der Waals surface area (Å²) in [4.78, 5) is 10.2. The van der Waals surface area contributed by atoms with Gasteiger partial charge in [0.05, 0.1) is 11.4 Å². The standard InChI is InChI=1S/C46H27N3O/c47-27-40-44(32-20-19-28-11-7-8-16-31(28)23-32)48-46(30-14-5-2-6-15-30)49-45(40)33-21-22-35-36(24-33)37-26-42-38(34-17-9-10-18-41(34)50-42)25-39(37)43(35)29-12-3-1-4-13-29/h1-26,43H. The Morgan fingerprint density at radius 2 is 1.16 bits per heavy atom. The topological polar surface area (TPSA) is 62.7 Å². The molecule has 4 nitrogen and oxygen atoms in total. The van der Waals surface area contributed by atoms with E-state index >= 15 is 0 Å². The van der Waals surface area contributed by atoms with Crippen LogP contribution in [-0.2, 0) is 0 Å². The van der Waals surface area contributed by atoms with E-state index in [0.717, 1.165) is 60.5 Å². The minimum absolute atomic E-state index is 0.0576. The number of furan rings is 1. The van der Waals surface area contributed by atoms with Crippen LogP contribution in [0.2, 0.25) is 0 Å². The molecule has 0 amide bonds. The first kappa shape index (κ1) is 28.2. The Morgan fingerprint density at radius 1 is 0.500 bits per heavy atom. The molecule has 10 rings (SSSR count). The summed E-state index contributed by atoms with van der Waals surface area (Å²) in [6.07, 6.45) is 0. The van der Waals surface area contributed by atoms with Crippen LogP contribution in [0, 0.1) is 11.3 Å². The van der Waals surface area contributed by atoms with Gasteiger partial charge in [-0.3, -0.25) is 0 Å². The third kappa shape index (κ3) is 4.38. The van der Waals surface area contributed by atoms with Crippen molar-refractivity contribution in [3.05, 3.63) is 180 Å². The Balaban J connectivity index is 1.22. The van der Waals surface area contributed by atoms with Gasteiger partial charge in [0.15, 0.2) is 5.82 Å². The van der Waals surface area contributed by atoms with E-state index in [1.165, 1.54) is 16.7 Å². The number of hydrogen-bond acceptors (Lipinski definition) is 4. The molecule has 0 saturated carbocycles. The molecule has 2 aromatic heterocycles. The summed E-state index contributed by atoms with van der Waals surface area (Å²) in [6, 6.07) is 56.9. The minimum Gasteiger partial charge on any atom is -0.456 e. The summed E-state index contributed by atoms with van der Waals surface area (Å²) in [6.45, 7) is 0. The van der Waals surface area contributed by atoms with Crippen molar-refractivity contribution in [1.82, 2.24) is 9.97 Å². The van der Waals surface area contributed by atoms with Crippen molar-refractivity contribution in [2.75, 3.05) is 0 Å². The zero-order valence-electron chi connectivity index (χ0n) is 26.8. The molecule has 1 unspecified atom stereocenters. The highest BCUT2D eigenvalue weighted by molar-refractivity contribution is 6.07. The highest BCUT2D eigenvalue weighted by Gasteiger charge is 2.32. The summed E-state index contributed by atoms with van der Waals surface area (Å²) >= 11 is 0. The predicted molar refractivity (Wildman–Crippen MR) is 201 cm³/mol. The van der Waals surface area contributed by atoms with Crippen molar-refractivity contribution < 1.29 is 4.42 Å². The van der Waals surface area contributed by atoms with Gasteiger partial charge in [-0.05, 0) is 68.9 Å². The van der Waals surface area contributed by atoms with Crippen LogP contribution in [0.25, 0.3) is 77.7 Å². The quantitative estimate of drug-likeness (QED) is 0.193. The van der Waals surface area contributed by atoms with Crippen molar-refractivity contribution in [1.29, 1.82) is 5.26 Å². The molecule has 4 heteroatoms. The van der Waals surface area contributed by atoms with E-state index in [4.69, 9.17) is 14.4 Å². The van der Waals surface area contributed by atoms with E-state index < -0.39 is 0 Å². The van der Waals surface area contributed by atoms with E-state index in [1.54, 1.807) is 0 Å². The van der Waals surface area contributed by atoms with Crippen molar-refractivity contribution in [3.63, 3.8) is 0 Å². The molecule has 232 valence electrons. The number of para-hydroxylation sites is 1. The second kappa shape index (κ2) is 11.1. The highest BCUT2D eigenvalue weighted by atomic mass is 16.3. The van der Waals surface area contributed by atoms with Crippen LogP contribution in [0.1, 0.15) is 28.2 Å². The minimum atomic E-state index is 0.0576. The molecule has 50 heavy (non-hydrogen) atoms. The fraction of sp³-hybridized carbons (Fsp3) is 0.0217. The van der Waals surface area contributed by atoms with Gasteiger partial charge in [-0.25, -0.2) is 9.97 Å². The van der Waals surface area contributed by atoms with Crippen LogP contribution >= 0.6 is 0 Å². The Labute approximate surface area is 288 Å². The maximum absolute atomic E-state index is 10.8. The van der Waals surface area contributed by atoms with Gasteiger partial charge in [-0.1, -0.05) is 127 Å². The molecule has 1 aliphatic rings. The Kier molecular flexibility index (Phi) is 6.27. The van der Waals surface area contributed by atoms with Crippen molar-refractivity contribution in [2.24, 2.45) is 0 Å². The van der Waals surface area contributed by atoms with Crippen LogP contribution in [0.15, 0.2) is 162 Å². The molecule has 0 aliphatic heterocycles. The normalized spacial score (nSPS) is 13.4. The van der Waals surface area contributed by atoms with E-state index in [2.05, 4.69) is 103 Å². The molecular formula is C46H27N3O. The summed E-state index contributed by atoms with van der Waals surface area (Å²) < 4.78 is 6.38. The summed E-state index contributed by atoms with van der Waals surface area (Å²) in [5, 5.41) is 15.2. The van der Waals surface area contributed by atoms with Gasteiger partial charge in [0.2, 0.25) is 0 Å². The van der Waals surface area contributed by atoms with E-state index in [-0.39, 0.29) is 5.92 Å². The number of nitriles is 1. The molecule has 7 aromatic carbocycles. The number of aromatic nitrogens is 2. The molecule has 0 radical (unpaired) electrons. The van der Waals surface area contributed by atoms with Crippen LogP contribution in [0.4, 0.5) is 0 Å². The lowest BCUT2D eigenvalue weighted by Gasteiger charge is -2.16. The number of nitrogens with zero attached hydrogens (tertiary/aromatic N) is 3. The molecule has 0 fully saturated rings. The van der Waals surface area contributed by atoms with Gasteiger partial charge in [-0.15, -0.1) is 0 Å². The third-order valence-corrected chi connectivity index (χ3v) is 10.00. The maximum Gasteiger partial charge on any atom is 0.160 e. The van der Waals surface area contributed by atoms with E-state index in [1.807, 2.05) is 60.7 Å². The second-order valence-corrected chi connectivity index (χ2v) is 12.8. The monoisotopic (exact) mass is 637 g/mol. The zero-order chi connectivity index (χ0) is 33.2. The second-order valence-electron chi connectivity index (χ2n) is 12.8. The summed E-state index contributed by atoms with van der Waals surface area (Å²) in [5.41, 5.74) is 12.0. The first-order chi connectivity index (χ1) is 24.7. The number of hydrogen-bond donors (Lipinski definition) is 0. The maximum atomic E-state index is 10.8. The summed E-state index contributed by atoms with van der Waals surface area (Å²) in [5.74, 6) is 0.636. The molecule has 9 aromatic rings. The smallest absolute Gasteiger partial charge is 0.160 e. The molecular weight excluding hydrogens is 611 g/mol. The predicted octanol–water partition coefficient (Wildman–Crippen LogP) is 11.6. The van der Waals surface area contributed by atoms with E-state index in [9.17, 15) is 5.26 Å². The Hall–Kier alpha value is -6.83. The number of benzene rings is 7. The van der Waals surface area contributed by atoms with Crippen LogP contribution in [0.5, 0.6) is 0 Å². The Bertz CT molecular complexity index is 2830. The average Bonchev–Trinajstić information content (AvgIpc) is 3.71. The largest absolute Gasteiger partial charge is 0.456 e. The third-order valence-electron chi connectivity index (χ3n) is 10.00. The lowest BCUT2D eigenvalue weighted by molar-refractivity contribution is 0.669. The molecule has 1 atom stereocenters. The van der Waals surface area contributed by atoms with Crippen molar-refractivity contribution in [2.45, 2.75) is 5.92 Å². The molecule has 2 heterocycles. The molecule has 0 spiro atoms. The first-order valence-electron chi connectivity index (χ1n) is 16.7. The lowest BCUT2D eigenvalue weighted by atomic mass is 9.88. The molecule has 1 aliphatic carbocycles. The van der Waals surface area contributed by atoms with Crippen LogP contribution < -0.4 is 0 Å². The van der Waals surface area contributed by atoms with Crippen molar-refractivity contribution >= 4 is 32.7 Å². The van der Waals surface area contributed by atoms with Crippen LogP contribution in [0.3, 0.4) is 0 Å². The Morgan fingerprint density at radius 3 is 1.96 bits per heavy atom. The number of fused-ring (bicyclic) bond motifs is 7. The summed E-state index contributed by atoms with van der Waals surface area (Å²) in [7, 11) is 0. The van der Waals surface area contributed by atoms with Gasteiger partial charge in [0.25, 0.3) is 0 Å². The lowest BCUT2D eigenvalue weighted by Crippen LogP contribution is -2.02. The average molecular weight is 638 g/mol. The highest BCUT2D eigenvalue weighted by Crippen LogP contribution is 2.51. The molecule has 0 bridgehead atoms. The first-order valence-corrected chi connectivity index (χ1v) is 16.7. The van der Waals surface area contributed by atoms with Gasteiger partial charge >= 0.3 is 0 Å². The fourth-order valence-electron chi connectivity index (χ4n) is 7.66. The van der Waals surface area contributed by atoms with Gasteiger partial charge in [-0.2, -0.15) is 5.26 Å². The van der Waals surface area contributed by atoms with Gasteiger partial charge < -0.3 is 4.42 Å². The SMILES string of the molecule is N#Cc1c(-c2ccc3c(c2)-c2cc4oc5ccccc5c4cc2C3c2ccccc2)nc(-c2ccccc2)nc1-c1ccc2ccccc2c1. The van der Waals surface area contributed by atoms with E-state index in [0.29, 0.717) is 22.8 Å². The van der Waals surface area contributed by atoms with Crippen molar-refractivity contribution in [3.8, 4) is 51.1 Å². The van der Waals surface area contributed by atoms with Gasteiger partial charge in [0.1, 0.15) is 22.8 Å².